The lowest BCUT2D eigenvalue weighted by atomic mass is 10.2. The van der Waals surface area contributed by atoms with Crippen molar-refractivity contribution in [3.8, 4) is 5.88 Å². The highest BCUT2D eigenvalue weighted by Gasteiger charge is 2.41. The van der Waals surface area contributed by atoms with Crippen molar-refractivity contribution in [1.29, 1.82) is 0 Å². The van der Waals surface area contributed by atoms with E-state index in [1.807, 2.05) is 6.92 Å². The van der Waals surface area contributed by atoms with E-state index in [-0.39, 0.29) is 18.2 Å². The summed E-state index contributed by atoms with van der Waals surface area (Å²) in [6.45, 7) is 2.03. The maximum absolute atomic E-state index is 11.1. The van der Waals surface area contributed by atoms with Crippen LogP contribution in [0.4, 0.5) is 5.95 Å². The van der Waals surface area contributed by atoms with Crippen LogP contribution in [-0.4, -0.2) is 59.8 Å². The lowest BCUT2D eigenvalue weighted by Gasteiger charge is -2.16. The number of aliphatic hydroxyl groups excluding tert-OH is 1. The van der Waals surface area contributed by atoms with Gasteiger partial charge in [-0.2, -0.15) is 9.97 Å². The van der Waals surface area contributed by atoms with Gasteiger partial charge in [-0.05, 0) is 6.42 Å². The third kappa shape index (κ3) is 4.54. The van der Waals surface area contributed by atoms with Gasteiger partial charge < -0.3 is 30.1 Å². The molecule has 0 radical (unpaired) electrons. The minimum Gasteiger partial charge on any atom is -0.476 e. The van der Waals surface area contributed by atoms with Crippen LogP contribution in [0.25, 0.3) is 11.2 Å². The molecule has 3 heterocycles. The van der Waals surface area contributed by atoms with Gasteiger partial charge in [0.15, 0.2) is 11.2 Å². The average molecular weight is 403 g/mol. The van der Waals surface area contributed by atoms with Crippen molar-refractivity contribution in [2.24, 2.45) is 0 Å². The second-order valence-corrected chi connectivity index (χ2v) is 7.29. The molecule has 2 aromatic heterocycles. The Hall–Kier alpha value is -1.82. The predicted octanol–water partition coefficient (Wildman–Crippen LogP) is 0.345. The number of phosphoric acid groups is 1. The Morgan fingerprint density at radius 3 is 2.89 bits per heavy atom. The Bertz CT molecular complexity index is 841. The molecule has 0 aliphatic carbocycles. The van der Waals surface area contributed by atoms with Crippen molar-refractivity contribution < 1.29 is 33.5 Å². The standard InChI is InChI=1S/C14H22N5O7P/c1-2-3-4-24-13-11-12(17-14(15)18-13)19(7-16-11)10-5-8(9(6-20)25-10)26-27(21,22)23/h7-10,20H,2-6H2,1H3,(H2,15,17,18)(H2,21,22,23)/t8-,9+,10+/m0/s1. The summed E-state index contributed by atoms with van der Waals surface area (Å²) in [5.41, 5.74) is 6.51. The number of hydrogen-bond donors (Lipinski definition) is 4. The summed E-state index contributed by atoms with van der Waals surface area (Å²) >= 11 is 0. The predicted molar refractivity (Wildman–Crippen MR) is 92.7 cm³/mol. The van der Waals surface area contributed by atoms with Crippen LogP contribution >= 0.6 is 7.82 Å². The molecular formula is C14H22N5O7P. The van der Waals surface area contributed by atoms with Gasteiger partial charge in [-0.25, -0.2) is 9.55 Å². The summed E-state index contributed by atoms with van der Waals surface area (Å²) in [5, 5.41) is 9.42. The average Bonchev–Trinajstić information content (AvgIpc) is 3.17. The van der Waals surface area contributed by atoms with Crippen LogP contribution in [0.1, 0.15) is 32.4 Å². The van der Waals surface area contributed by atoms with Crippen molar-refractivity contribution >= 4 is 24.9 Å². The molecule has 0 aromatic carbocycles. The number of fused-ring (bicyclic) bond motifs is 1. The highest BCUT2D eigenvalue weighted by Crippen LogP contribution is 2.44. The van der Waals surface area contributed by atoms with Crippen LogP contribution in [0.2, 0.25) is 0 Å². The summed E-state index contributed by atoms with van der Waals surface area (Å²) in [6, 6.07) is 0. The van der Waals surface area contributed by atoms with Gasteiger partial charge in [-0.15, -0.1) is 0 Å². The smallest absolute Gasteiger partial charge is 0.469 e. The van der Waals surface area contributed by atoms with Crippen molar-refractivity contribution in [1.82, 2.24) is 19.5 Å². The number of hydrogen-bond acceptors (Lipinski definition) is 9. The normalized spacial score (nSPS) is 23.2. The first-order valence-electron chi connectivity index (χ1n) is 8.45. The fraction of sp³-hybridized carbons (Fsp3) is 0.643. The number of rotatable bonds is 8. The quantitative estimate of drug-likeness (QED) is 0.353. The summed E-state index contributed by atoms with van der Waals surface area (Å²) in [4.78, 5) is 30.6. The SMILES string of the molecule is CCCCOc1nc(N)nc2c1ncn2[C@H]1C[C@H](OP(=O)(O)O)[C@@H](CO)O1. The zero-order valence-electron chi connectivity index (χ0n) is 14.6. The zero-order valence-corrected chi connectivity index (χ0v) is 15.5. The largest absolute Gasteiger partial charge is 0.476 e. The Morgan fingerprint density at radius 1 is 1.44 bits per heavy atom. The first-order chi connectivity index (χ1) is 12.8. The molecule has 12 nitrogen and oxygen atoms in total. The van der Waals surface area contributed by atoms with E-state index < -0.39 is 32.9 Å². The van der Waals surface area contributed by atoms with Crippen LogP contribution in [-0.2, 0) is 13.8 Å². The molecule has 0 unspecified atom stereocenters. The van der Waals surface area contributed by atoms with Crippen LogP contribution in [0.3, 0.4) is 0 Å². The van der Waals surface area contributed by atoms with Crippen LogP contribution in [0.15, 0.2) is 6.33 Å². The van der Waals surface area contributed by atoms with Gasteiger partial charge in [0, 0.05) is 6.42 Å². The van der Waals surface area contributed by atoms with E-state index in [2.05, 4.69) is 15.0 Å². The monoisotopic (exact) mass is 403 g/mol. The third-order valence-corrected chi connectivity index (χ3v) is 4.63. The van der Waals surface area contributed by atoms with Gasteiger partial charge in [0.1, 0.15) is 18.4 Å². The molecule has 0 spiro atoms. The molecule has 0 bridgehead atoms. The maximum atomic E-state index is 11.1. The summed E-state index contributed by atoms with van der Waals surface area (Å²) in [7, 11) is -4.73. The highest BCUT2D eigenvalue weighted by atomic mass is 31.2. The van der Waals surface area contributed by atoms with Crippen LogP contribution in [0.5, 0.6) is 5.88 Å². The number of aliphatic hydroxyl groups is 1. The van der Waals surface area contributed by atoms with E-state index >= 15 is 0 Å². The number of unbranched alkanes of at least 4 members (excludes halogenated alkanes) is 1. The Labute approximate surface area is 154 Å². The number of nitrogens with two attached hydrogens (primary N) is 1. The van der Waals surface area contributed by atoms with E-state index in [9.17, 15) is 9.67 Å². The first kappa shape index (κ1) is 19.9. The van der Waals surface area contributed by atoms with E-state index in [4.69, 9.17) is 29.5 Å². The van der Waals surface area contributed by atoms with Crippen molar-refractivity contribution in [3.63, 3.8) is 0 Å². The second-order valence-electron chi connectivity index (χ2n) is 6.09. The molecule has 0 saturated carbocycles. The molecule has 0 amide bonds. The summed E-state index contributed by atoms with van der Waals surface area (Å²) in [6.07, 6.45) is 0.732. The fourth-order valence-electron chi connectivity index (χ4n) is 2.85. The van der Waals surface area contributed by atoms with E-state index in [1.54, 1.807) is 4.57 Å². The molecule has 2 aromatic rings. The van der Waals surface area contributed by atoms with Gasteiger partial charge in [0.25, 0.3) is 0 Å². The molecule has 1 aliphatic heterocycles. The fourth-order valence-corrected chi connectivity index (χ4v) is 3.43. The van der Waals surface area contributed by atoms with Gasteiger partial charge in [0.2, 0.25) is 11.8 Å². The van der Waals surface area contributed by atoms with Gasteiger partial charge in [-0.1, -0.05) is 13.3 Å². The zero-order chi connectivity index (χ0) is 19.6. The lowest BCUT2D eigenvalue weighted by Crippen LogP contribution is -2.26. The van der Waals surface area contributed by atoms with Crippen LogP contribution < -0.4 is 10.5 Å². The molecule has 3 atom stereocenters. The third-order valence-electron chi connectivity index (χ3n) is 4.09. The van der Waals surface area contributed by atoms with E-state index in [0.29, 0.717) is 17.8 Å². The Morgan fingerprint density at radius 2 is 2.22 bits per heavy atom. The summed E-state index contributed by atoms with van der Waals surface area (Å²) < 4.78 is 28.7. The molecular weight excluding hydrogens is 381 g/mol. The number of imidazole rings is 1. The molecule has 1 saturated heterocycles. The first-order valence-corrected chi connectivity index (χ1v) is 9.98. The maximum Gasteiger partial charge on any atom is 0.469 e. The number of phosphoric ester groups is 1. The lowest BCUT2D eigenvalue weighted by molar-refractivity contribution is -0.0425. The topological polar surface area (TPSA) is 175 Å². The van der Waals surface area contributed by atoms with Crippen molar-refractivity contribution in [2.75, 3.05) is 18.9 Å². The summed E-state index contributed by atoms with van der Waals surface area (Å²) in [5.74, 6) is 0.250. The van der Waals surface area contributed by atoms with Gasteiger partial charge in [0.05, 0.1) is 19.5 Å². The molecule has 1 aliphatic rings. The number of ether oxygens (including phenoxy) is 2. The van der Waals surface area contributed by atoms with Gasteiger partial charge in [-0.3, -0.25) is 9.09 Å². The molecule has 13 heteroatoms. The van der Waals surface area contributed by atoms with Gasteiger partial charge >= 0.3 is 7.82 Å². The Balaban J connectivity index is 1.88. The molecule has 150 valence electrons. The highest BCUT2D eigenvalue weighted by molar-refractivity contribution is 7.46. The van der Waals surface area contributed by atoms with Crippen LogP contribution in [0, 0.1) is 0 Å². The minimum atomic E-state index is -4.73. The molecule has 5 N–H and O–H groups in total. The number of nitrogens with zero attached hydrogens (tertiary/aromatic N) is 4. The molecule has 1 fully saturated rings. The van der Waals surface area contributed by atoms with E-state index in [0.717, 1.165) is 12.8 Å². The Kier molecular flexibility index (Phi) is 5.94. The van der Waals surface area contributed by atoms with E-state index in [1.165, 1.54) is 6.33 Å². The number of nitrogen functional groups attached to an aromatic ring is 1. The van der Waals surface area contributed by atoms with Crippen molar-refractivity contribution in [3.05, 3.63) is 6.33 Å². The number of anilines is 1. The molecule has 3 rings (SSSR count). The minimum absolute atomic E-state index is 0.00419. The second kappa shape index (κ2) is 8.05. The number of aromatic nitrogens is 4. The van der Waals surface area contributed by atoms with Crippen molar-refractivity contribution in [2.45, 2.75) is 44.6 Å². The molecule has 27 heavy (non-hydrogen) atoms.